The first kappa shape index (κ1) is 19.8. The quantitative estimate of drug-likeness (QED) is 0.542. The molecule has 4 amide bonds. The number of anilines is 3. The summed E-state index contributed by atoms with van der Waals surface area (Å²) in [6, 6.07) is 24.0. The molecule has 1 aliphatic carbocycles. The third-order valence-corrected chi connectivity index (χ3v) is 5.98. The predicted molar refractivity (Wildman–Crippen MR) is 121 cm³/mol. The average Bonchev–Trinajstić information content (AvgIpc) is 3.29. The number of carbonyl (C=O) groups excluding carboxylic acids is 3. The molecule has 7 nitrogen and oxygen atoms in total. The van der Waals surface area contributed by atoms with E-state index in [1.54, 1.807) is 6.07 Å². The van der Waals surface area contributed by atoms with Crippen LogP contribution in [0.4, 0.5) is 21.9 Å². The fourth-order valence-electron chi connectivity index (χ4n) is 4.44. The summed E-state index contributed by atoms with van der Waals surface area (Å²) in [4.78, 5) is 39.7. The van der Waals surface area contributed by atoms with Gasteiger partial charge in [-0.1, -0.05) is 54.6 Å². The first-order chi connectivity index (χ1) is 15.6. The molecule has 160 valence electrons. The van der Waals surface area contributed by atoms with Gasteiger partial charge in [0.05, 0.1) is 11.4 Å². The third kappa shape index (κ3) is 3.37. The van der Waals surface area contributed by atoms with Crippen molar-refractivity contribution in [2.45, 2.75) is 18.4 Å². The Morgan fingerprint density at radius 1 is 0.906 bits per heavy atom. The monoisotopic (exact) mass is 426 g/mol. The van der Waals surface area contributed by atoms with Gasteiger partial charge < -0.3 is 16.0 Å². The van der Waals surface area contributed by atoms with Gasteiger partial charge in [-0.15, -0.1) is 0 Å². The SMILES string of the molecule is O=C(CN1C(=O)NC2(CCc3ccccc32)C1=O)Nc1ccccc1Nc1ccccc1. The summed E-state index contributed by atoms with van der Waals surface area (Å²) in [6.45, 7) is -0.353. The van der Waals surface area contributed by atoms with Gasteiger partial charge >= 0.3 is 6.03 Å². The molecule has 3 aromatic carbocycles. The maximum Gasteiger partial charge on any atom is 0.325 e. The number of fused-ring (bicyclic) bond motifs is 2. The minimum absolute atomic E-state index is 0.353. The van der Waals surface area contributed by atoms with Crippen molar-refractivity contribution in [2.24, 2.45) is 0 Å². The van der Waals surface area contributed by atoms with Crippen LogP contribution in [0.2, 0.25) is 0 Å². The normalized spacial score (nSPS) is 19.1. The van der Waals surface area contributed by atoms with E-state index in [2.05, 4.69) is 16.0 Å². The van der Waals surface area contributed by atoms with Gasteiger partial charge in [0.2, 0.25) is 5.91 Å². The van der Waals surface area contributed by atoms with E-state index in [1.807, 2.05) is 72.8 Å². The number of rotatable bonds is 5. The van der Waals surface area contributed by atoms with Crippen LogP contribution in [0.3, 0.4) is 0 Å². The average molecular weight is 426 g/mol. The Morgan fingerprint density at radius 3 is 2.41 bits per heavy atom. The molecule has 1 unspecified atom stereocenters. The lowest BCUT2D eigenvalue weighted by Crippen LogP contribution is -2.43. The number of nitrogens with zero attached hydrogens (tertiary/aromatic N) is 1. The molecule has 1 atom stereocenters. The summed E-state index contributed by atoms with van der Waals surface area (Å²) in [5.74, 6) is -0.822. The maximum atomic E-state index is 13.2. The zero-order valence-corrected chi connectivity index (χ0v) is 17.3. The van der Waals surface area contributed by atoms with Crippen LogP contribution >= 0.6 is 0 Å². The predicted octanol–water partition coefficient (Wildman–Crippen LogP) is 3.76. The summed E-state index contributed by atoms with van der Waals surface area (Å²) in [7, 11) is 0. The molecule has 0 aromatic heterocycles. The lowest BCUT2D eigenvalue weighted by molar-refractivity contribution is -0.134. The number of amides is 4. The van der Waals surface area contributed by atoms with Gasteiger partial charge in [-0.25, -0.2) is 4.79 Å². The second-order valence-corrected chi connectivity index (χ2v) is 7.97. The number of carbonyl (C=O) groups is 3. The minimum atomic E-state index is -1.07. The zero-order chi connectivity index (χ0) is 22.1. The van der Waals surface area contributed by atoms with E-state index < -0.39 is 17.5 Å². The molecule has 1 heterocycles. The molecule has 5 rings (SSSR count). The number of hydrogen-bond donors (Lipinski definition) is 3. The Kier molecular flexibility index (Phi) is 4.86. The van der Waals surface area contributed by atoms with Gasteiger partial charge in [-0.2, -0.15) is 0 Å². The molecule has 1 saturated heterocycles. The van der Waals surface area contributed by atoms with Crippen LogP contribution in [0.1, 0.15) is 17.5 Å². The van der Waals surface area contributed by atoms with Crippen LogP contribution in [-0.4, -0.2) is 29.3 Å². The molecule has 0 bridgehead atoms. The van der Waals surface area contributed by atoms with E-state index in [9.17, 15) is 14.4 Å². The molecule has 7 heteroatoms. The number of benzene rings is 3. The Morgan fingerprint density at radius 2 is 1.59 bits per heavy atom. The van der Waals surface area contributed by atoms with E-state index >= 15 is 0 Å². The van der Waals surface area contributed by atoms with Gasteiger partial charge in [-0.05, 0) is 48.2 Å². The van der Waals surface area contributed by atoms with Gasteiger partial charge in [0, 0.05) is 5.69 Å². The van der Waals surface area contributed by atoms with Crippen molar-refractivity contribution in [3.8, 4) is 0 Å². The van der Waals surface area contributed by atoms with E-state index in [-0.39, 0.29) is 12.5 Å². The molecule has 0 saturated carbocycles. The van der Waals surface area contributed by atoms with E-state index in [4.69, 9.17) is 0 Å². The van der Waals surface area contributed by atoms with Crippen molar-refractivity contribution >= 4 is 34.9 Å². The van der Waals surface area contributed by atoms with Crippen LogP contribution in [0.25, 0.3) is 0 Å². The molecule has 0 radical (unpaired) electrons. The molecule has 1 spiro atoms. The lowest BCUT2D eigenvalue weighted by Gasteiger charge is -2.22. The van der Waals surface area contributed by atoms with Crippen LogP contribution < -0.4 is 16.0 Å². The smallest absolute Gasteiger partial charge is 0.325 e. The van der Waals surface area contributed by atoms with E-state index in [1.165, 1.54) is 0 Å². The van der Waals surface area contributed by atoms with Crippen LogP contribution in [0, 0.1) is 0 Å². The summed E-state index contributed by atoms with van der Waals surface area (Å²) < 4.78 is 0. The molecule has 1 aliphatic heterocycles. The van der Waals surface area contributed by atoms with E-state index in [0.29, 0.717) is 24.2 Å². The maximum absolute atomic E-state index is 13.2. The molecular weight excluding hydrogens is 404 g/mol. The molecule has 3 aromatic rings. The first-order valence-corrected chi connectivity index (χ1v) is 10.5. The van der Waals surface area contributed by atoms with Crippen molar-refractivity contribution in [3.05, 3.63) is 90.0 Å². The molecule has 32 heavy (non-hydrogen) atoms. The minimum Gasteiger partial charge on any atom is -0.354 e. The second-order valence-electron chi connectivity index (χ2n) is 7.97. The Hall–Kier alpha value is -4.13. The Bertz CT molecular complexity index is 1210. The third-order valence-electron chi connectivity index (χ3n) is 5.98. The van der Waals surface area contributed by atoms with Crippen LogP contribution in [-0.2, 0) is 21.5 Å². The molecule has 1 fully saturated rings. The number of nitrogens with one attached hydrogen (secondary N) is 3. The Labute approximate surface area is 185 Å². The number of imide groups is 1. The number of aryl methyl sites for hydroxylation is 1. The highest BCUT2D eigenvalue weighted by atomic mass is 16.2. The summed E-state index contributed by atoms with van der Waals surface area (Å²) >= 11 is 0. The van der Waals surface area contributed by atoms with Crippen molar-refractivity contribution in [3.63, 3.8) is 0 Å². The van der Waals surface area contributed by atoms with Crippen molar-refractivity contribution in [1.82, 2.24) is 10.2 Å². The first-order valence-electron chi connectivity index (χ1n) is 10.5. The number of hydrogen-bond acceptors (Lipinski definition) is 4. The second kappa shape index (κ2) is 7.85. The summed E-state index contributed by atoms with van der Waals surface area (Å²) in [5.41, 5.74) is 2.96. The summed E-state index contributed by atoms with van der Waals surface area (Å²) in [6.07, 6.45) is 1.21. The highest BCUT2D eigenvalue weighted by molar-refractivity contribution is 6.11. The van der Waals surface area contributed by atoms with Gasteiger partial charge in [-0.3, -0.25) is 14.5 Å². The number of urea groups is 1. The van der Waals surface area contributed by atoms with E-state index in [0.717, 1.165) is 21.7 Å². The number of para-hydroxylation sites is 3. The fraction of sp³-hybridized carbons (Fsp3) is 0.160. The largest absolute Gasteiger partial charge is 0.354 e. The van der Waals surface area contributed by atoms with Gasteiger partial charge in [0.1, 0.15) is 12.1 Å². The fourth-order valence-corrected chi connectivity index (χ4v) is 4.44. The highest BCUT2D eigenvalue weighted by Crippen LogP contribution is 2.41. The van der Waals surface area contributed by atoms with Crippen molar-refractivity contribution in [2.75, 3.05) is 17.2 Å². The van der Waals surface area contributed by atoms with Crippen LogP contribution in [0.15, 0.2) is 78.9 Å². The highest BCUT2D eigenvalue weighted by Gasteiger charge is 2.55. The molecule has 2 aliphatic rings. The van der Waals surface area contributed by atoms with Crippen LogP contribution in [0.5, 0.6) is 0 Å². The zero-order valence-electron chi connectivity index (χ0n) is 17.3. The van der Waals surface area contributed by atoms with Gasteiger partial charge in [0.25, 0.3) is 5.91 Å². The topological polar surface area (TPSA) is 90.5 Å². The molecule has 3 N–H and O–H groups in total. The standard InChI is InChI=1S/C25H22N4O3/c30-22(27-21-13-7-6-12-20(21)26-18-9-2-1-3-10-18)16-29-23(31)25(28-24(29)32)15-14-17-8-4-5-11-19(17)25/h1-13,26H,14-16H2,(H,27,30)(H,28,32). The van der Waals surface area contributed by atoms with Crippen molar-refractivity contribution < 1.29 is 14.4 Å². The van der Waals surface area contributed by atoms with Crippen molar-refractivity contribution in [1.29, 1.82) is 0 Å². The Balaban J connectivity index is 1.32. The molecular formula is C25H22N4O3. The van der Waals surface area contributed by atoms with Gasteiger partial charge in [0.15, 0.2) is 0 Å². The summed E-state index contributed by atoms with van der Waals surface area (Å²) in [5, 5.41) is 8.93. The lowest BCUT2D eigenvalue weighted by atomic mass is 9.92.